The number of esters is 1. The van der Waals surface area contributed by atoms with Crippen LogP contribution in [0, 0.1) is 0 Å². The lowest BCUT2D eigenvalue weighted by Crippen LogP contribution is -2.30. The topological polar surface area (TPSA) is 93.7 Å². The van der Waals surface area contributed by atoms with Crippen molar-refractivity contribution >= 4 is 16.0 Å². The van der Waals surface area contributed by atoms with Crippen molar-refractivity contribution in [3.63, 3.8) is 0 Å². The summed E-state index contributed by atoms with van der Waals surface area (Å²) in [5, 5.41) is 2.87. The number of hydrogen-bond acceptors (Lipinski definition) is 6. The van der Waals surface area contributed by atoms with Gasteiger partial charge in [-0.3, -0.25) is 0 Å². The number of ether oxygens (including phenoxy) is 2. The smallest absolute Gasteiger partial charge is 0.347 e. The maximum absolute atomic E-state index is 12.2. The van der Waals surface area contributed by atoms with E-state index in [1.54, 1.807) is 20.0 Å². The van der Waals surface area contributed by atoms with Gasteiger partial charge < -0.3 is 14.8 Å². The standard InChI is InChI=1S/C14H20N2O5S/c1-3-20-14(17)13-9-10-8-11(4-5-12(10)21-13)22(18,19)16-7-6-15-2/h4-5,8,13,15-16H,3,6-7,9H2,1-2H3. The van der Waals surface area contributed by atoms with E-state index in [-0.39, 0.29) is 11.5 Å². The molecule has 0 aliphatic carbocycles. The summed E-state index contributed by atoms with van der Waals surface area (Å²) in [5.41, 5.74) is 0.689. The van der Waals surface area contributed by atoms with E-state index < -0.39 is 22.1 Å². The van der Waals surface area contributed by atoms with Gasteiger partial charge in [0.05, 0.1) is 11.5 Å². The second kappa shape index (κ2) is 7.08. The molecule has 0 fully saturated rings. The molecule has 0 bridgehead atoms. The Morgan fingerprint density at radius 2 is 2.18 bits per heavy atom. The number of sulfonamides is 1. The van der Waals surface area contributed by atoms with Crippen molar-refractivity contribution in [2.75, 3.05) is 26.7 Å². The molecule has 1 aromatic carbocycles. The molecule has 1 atom stereocenters. The first-order chi connectivity index (χ1) is 10.5. The van der Waals surface area contributed by atoms with Crippen molar-refractivity contribution in [3.05, 3.63) is 23.8 Å². The van der Waals surface area contributed by atoms with Crippen LogP contribution in [0.1, 0.15) is 12.5 Å². The molecule has 1 unspecified atom stereocenters. The molecule has 1 heterocycles. The molecular formula is C14H20N2O5S. The molecular weight excluding hydrogens is 308 g/mol. The molecule has 0 saturated carbocycles. The summed E-state index contributed by atoms with van der Waals surface area (Å²) >= 11 is 0. The van der Waals surface area contributed by atoms with E-state index >= 15 is 0 Å². The number of hydrogen-bond donors (Lipinski definition) is 2. The molecule has 0 amide bonds. The molecule has 22 heavy (non-hydrogen) atoms. The SMILES string of the molecule is CCOC(=O)C1Cc2cc(S(=O)(=O)NCCNC)ccc2O1. The van der Waals surface area contributed by atoms with Crippen LogP contribution in [0.15, 0.2) is 23.1 Å². The van der Waals surface area contributed by atoms with Gasteiger partial charge in [-0.05, 0) is 37.7 Å². The average molecular weight is 328 g/mol. The summed E-state index contributed by atoms with van der Waals surface area (Å²) in [6, 6.07) is 4.57. The fourth-order valence-electron chi connectivity index (χ4n) is 2.15. The second-order valence-corrected chi connectivity index (χ2v) is 6.60. The second-order valence-electron chi connectivity index (χ2n) is 4.83. The van der Waals surface area contributed by atoms with Crippen LogP contribution < -0.4 is 14.8 Å². The number of nitrogens with one attached hydrogen (secondary N) is 2. The Morgan fingerprint density at radius 3 is 2.86 bits per heavy atom. The van der Waals surface area contributed by atoms with Crippen molar-refractivity contribution in [1.29, 1.82) is 0 Å². The van der Waals surface area contributed by atoms with Crippen LogP contribution in [0.5, 0.6) is 5.75 Å². The number of carbonyl (C=O) groups excluding carboxylic acids is 1. The maximum atomic E-state index is 12.2. The Morgan fingerprint density at radius 1 is 1.41 bits per heavy atom. The van der Waals surface area contributed by atoms with Crippen LogP contribution in [0.2, 0.25) is 0 Å². The van der Waals surface area contributed by atoms with Crippen LogP contribution in [-0.2, 0) is 26.0 Å². The number of likely N-dealkylation sites (N-methyl/N-ethyl adjacent to an activating group) is 1. The van der Waals surface area contributed by atoms with Gasteiger partial charge in [0.2, 0.25) is 10.0 Å². The first-order valence-electron chi connectivity index (χ1n) is 7.08. The van der Waals surface area contributed by atoms with Crippen molar-refractivity contribution in [1.82, 2.24) is 10.0 Å². The third kappa shape index (κ3) is 3.76. The third-order valence-electron chi connectivity index (χ3n) is 3.23. The van der Waals surface area contributed by atoms with Gasteiger partial charge in [-0.1, -0.05) is 0 Å². The number of benzene rings is 1. The van der Waals surface area contributed by atoms with Crippen LogP contribution >= 0.6 is 0 Å². The average Bonchev–Trinajstić information content (AvgIpc) is 2.90. The Kier molecular flexibility index (Phi) is 5.38. The lowest BCUT2D eigenvalue weighted by atomic mass is 10.1. The summed E-state index contributed by atoms with van der Waals surface area (Å²) in [6.07, 6.45) is -0.390. The van der Waals surface area contributed by atoms with E-state index in [0.29, 0.717) is 30.8 Å². The highest BCUT2D eigenvalue weighted by atomic mass is 32.2. The maximum Gasteiger partial charge on any atom is 0.347 e. The lowest BCUT2D eigenvalue weighted by Gasteiger charge is -2.08. The number of rotatable bonds is 7. The Bertz CT molecular complexity index is 645. The summed E-state index contributed by atoms with van der Waals surface area (Å²) in [4.78, 5) is 11.8. The Balaban J connectivity index is 2.11. The van der Waals surface area contributed by atoms with Crippen molar-refractivity contribution in [3.8, 4) is 5.75 Å². The highest BCUT2D eigenvalue weighted by molar-refractivity contribution is 7.89. The molecule has 122 valence electrons. The Labute approximate surface area is 130 Å². The lowest BCUT2D eigenvalue weighted by molar-refractivity contribution is -0.150. The largest absolute Gasteiger partial charge is 0.478 e. The number of fused-ring (bicyclic) bond motifs is 1. The zero-order chi connectivity index (χ0) is 16.2. The highest BCUT2D eigenvalue weighted by Gasteiger charge is 2.31. The van der Waals surface area contributed by atoms with Gasteiger partial charge >= 0.3 is 5.97 Å². The van der Waals surface area contributed by atoms with Crippen molar-refractivity contribution < 1.29 is 22.7 Å². The first kappa shape index (κ1) is 16.7. The van der Waals surface area contributed by atoms with E-state index in [1.165, 1.54) is 12.1 Å². The molecule has 1 aliphatic rings. The Hall–Kier alpha value is -1.64. The zero-order valence-electron chi connectivity index (χ0n) is 12.6. The fraction of sp³-hybridized carbons (Fsp3) is 0.500. The zero-order valence-corrected chi connectivity index (χ0v) is 13.4. The highest BCUT2D eigenvalue weighted by Crippen LogP contribution is 2.31. The van der Waals surface area contributed by atoms with E-state index in [0.717, 1.165) is 0 Å². The van der Waals surface area contributed by atoms with Crippen LogP contribution in [-0.4, -0.2) is 47.2 Å². The normalized spacial score (nSPS) is 16.9. The van der Waals surface area contributed by atoms with Crippen LogP contribution in [0.25, 0.3) is 0 Å². The fourth-order valence-corrected chi connectivity index (χ4v) is 3.23. The van der Waals surface area contributed by atoms with Crippen molar-refractivity contribution in [2.45, 2.75) is 24.3 Å². The summed E-state index contributed by atoms with van der Waals surface area (Å²) in [7, 11) is -1.82. The molecule has 0 spiro atoms. The van der Waals surface area contributed by atoms with Crippen LogP contribution in [0.4, 0.5) is 0 Å². The predicted octanol–water partition coefficient (Wildman–Crippen LogP) is 0.0509. The van der Waals surface area contributed by atoms with Gasteiger partial charge in [0.1, 0.15) is 5.75 Å². The minimum Gasteiger partial charge on any atom is -0.478 e. The van der Waals surface area contributed by atoms with Gasteiger partial charge in [0.15, 0.2) is 6.10 Å². The third-order valence-corrected chi connectivity index (χ3v) is 4.69. The van der Waals surface area contributed by atoms with E-state index in [4.69, 9.17) is 9.47 Å². The molecule has 1 aliphatic heterocycles. The van der Waals surface area contributed by atoms with Crippen LogP contribution in [0.3, 0.4) is 0 Å². The van der Waals surface area contributed by atoms with E-state index in [9.17, 15) is 13.2 Å². The molecule has 2 rings (SSSR count). The van der Waals surface area contributed by atoms with Gasteiger partial charge in [-0.25, -0.2) is 17.9 Å². The van der Waals surface area contributed by atoms with Gasteiger partial charge in [0, 0.05) is 19.5 Å². The summed E-state index contributed by atoms with van der Waals surface area (Å²) in [5.74, 6) is 0.0856. The molecule has 0 radical (unpaired) electrons. The van der Waals surface area contributed by atoms with Gasteiger partial charge in [-0.2, -0.15) is 0 Å². The minimum absolute atomic E-state index is 0.162. The first-order valence-corrected chi connectivity index (χ1v) is 8.56. The quantitative estimate of drug-likeness (QED) is 0.543. The minimum atomic E-state index is -3.56. The number of carbonyl (C=O) groups is 1. The van der Waals surface area contributed by atoms with E-state index in [2.05, 4.69) is 10.0 Å². The van der Waals surface area contributed by atoms with Gasteiger partial charge in [0.25, 0.3) is 0 Å². The monoisotopic (exact) mass is 328 g/mol. The summed E-state index contributed by atoms with van der Waals surface area (Å²) in [6.45, 7) is 2.85. The summed E-state index contributed by atoms with van der Waals surface area (Å²) < 4.78 is 37.2. The van der Waals surface area contributed by atoms with E-state index in [1.807, 2.05) is 0 Å². The predicted molar refractivity (Wildman–Crippen MR) is 80.3 cm³/mol. The van der Waals surface area contributed by atoms with Gasteiger partial charge in [-0.15, -0.1) is 0 Å². The molecule has 8 heteroatoms. The molecule has 0 saturated heterocycles. The molecule has 1 aromatic rings. The molecule has 7 nitrogen and oxygen atoms in total. The molecule has 0 aromatic heterocycles. The molecule has 2 N–H and O–H groups in total. The van der Waals surface area contributed by atoms with Crippen molar-refractivity contribution in [2.24, 2.45) is 0 Å².